The Balaban J connectivity index is 0.00000249. The number of aldehydes is 1. The van der Waals surface area contributed by atoms with Crippen LogP contribution in [0.25, 0.3) is 15.8 Å². The van der Waals surface area contributed by atoms with E-state index in [2.05, 4.69) is 44.1 Å². The van der Waals surface area contributed by atoms with Crippen LogP contribution < -0.4 is 0 Å². The molecule has 0 saturated heterocycles. The van der Waals surface area contributed by atoms with Crippen molar-refractivity contribution in [2.45, 2.75) is 40.5 Å². The number of aromatic nitrogens is 1. The number of fused-ring (bicyclic) bond motifs is 1. The SMILES string of the molecule is C=C/C(=C\C=C/C)C(=C)N=C(C)/C(=C(\C)c1ccc2ncsc2c1)C(C=O)CCC.CO. The maximum absolute atomic E-state index is 12.0. The van der Waals surface area contributed by atoms with Gasteiger partial charge in [-0.3, -0.25) is 4.99 Å². The van der Waals surface area contributed by atoms with Gasteiger partial charge in [0.1, 0.15) is 6.29 Å². The van der Waals surface area contributed by atoms with E-state index in [0.717, 1.165) is 64.4 Å². The number of thiazole rings is 1. The highest BCUT2D eigenvalue weighted by atomic mass is 32.1. The standard InChI is InChI=1S/C26H30N2OS.CH4O/c1-7-10-12-21(9-3)19(5)28-20(6)26(23(16-29)11-8-2)18(4)22-13-14-24-25(15-22)30-17-27-24;1-2/h7,9-10,12-17,23H,3,5,8,11H2,1-2,4,6H3;2H,1H3/b10-7-,21-12+,26-18-,28-20?;. The smallest absolute Gasteiger partial charge is 0.127 e. The van der Waals surface area contributed by atoms with Gasteiger partial charge in [0.2, 0.25) is 0 Å². The maximum Gasteiger partial charge on any atom is 0.127 e. The van der Waals surface area contributed by atoms with Crippen LogP contribution in [0.15, 0.2) is 83.0 Å². The van der Waals surface area contributed by atoms with Gasteiger partial charge in [0.25, 0.3) is 0 Å². The van der Waals surface area contributed by atoms with Crippen molar-refractivity contribution in [1.82, 2.24) is 4.98 Å². The number of nitrogens with zero attached hydrogens (tertiary/aromatic N) is 2. The van der Waals surface area contributed by atoms with Gasteiger partial charge in [0.05, 0.1) is 21.4 Å². The Morgan fingerprint density at radius 1 is 1.31 bits per heavy atom. The lowest BCUT2D eigenvalue weighted by molar-refractivity contribution is -0.110. The molecule has 170 valence electrons. The lowest BCUT2D eigenvalue weighted by Gasteiger charge is -2.19. The van der Waals surface area contributed by atoms with E-state index in [0.29, 0.717) is 5.70 Å². The van der Waals surface area contributed by atoms with Crippen LogP contribution in [0.4, 0.5) is 0 Å². The van der Waals surface area contributed by atoms with Gasteiger partial charge in [-0.2, -0.15) is 0 Å². The van der Waals surface area contributed by atoms with E-state index >= 15 is 0 Å². The first-order valence-electron chi connectivity index (χ1n) is 10.6. The monoisotopic (exact) mass is 450 g/mol. The van der Waals surface area contributed by atoms with Gasteiger partial charge in [-0.1, -0.05) is 56.9 Å². The minimum atomic E-state index is -0.213. The Bertz CT molecular complexity index is 1050. The lowest BCUT2D eigenvalue weighted by Crippen LogP contribution is -2.15. The van der Waals surface area contributed by atoms with Crippen LogP contribution >= 0.6 is 11.3 Å². The fraction of sp³-hybridized carbons (Fsp3) is 0.296. The zero-order chi connectivity index (χ0) is 24.1. The Kier molecular flexibility index (Phi) is 12.1. The summed E-state index contributed by atoms with van der Waals surface area (Å²) in [6, 6.07) is 6.23. The van der Waals surface area contributed by atoms with Crippen LogP contribution in [0.2, 0.25) is 0 Å². The third-order valence-corrected chi connectivity index (χ3v) is 5.81. The predicted octanol–water partition coefficient (Wildman–Crippen LogP) is 6.96. The summed E-state index contributed by atoms with van der Waals surface area (Å²) in [7, 11) is 1.00. The van der Waals surface area contributed by atoms with Crippen molar-refractivity contribution in [2.24, 2.45) is 10.9 Å². The first kappa shape index (κ1) is 27.1. The molecule has 0 saturated carbocycles. The molecule has 0 radical (unpaired) electrons. The van der Waals surface area contributed by atoms with Gasteiger partial charge in [-0.15, -0.1) is 11.3 Å². The van der Waals surface area contributed by atoms with Crippen molar-refractivity contribution >= 4 is 39.1 Å². The summed E-state index contributed by atoms with van der Waals surface area (Å²) in [5.41, 5.74) is 8.23. The molecule has 1 aromatic carbocycles. The number of benzene rings is 1. The first-order valence-corrected chi connectivity index (χ1v) is 11.5. The molecule has 1 heterocycles. The fourth-order valence-electron chi connectivity index (χ4n) is 3.46. The minimum absolute atomic E-state index is 0.213. The number of allylic oxidation sites excluding steroid dienone is 6. The number of carbonyl (C=O) groups excluding carboxylic acids is 1. The Morgan fingerprint density at radius 3 is 2.62 bits per heavy atom. The van der Waals surface area contributed by atoms with Crippen LogP contribution in [0, 0.1) is 5.92 Å². The van der Waals surface area contributed by atoms with Crippen molar-refractivity contribution in [3.63, 3.8) is 0 Å². The van der Waals surface area contributed by atoms with E-state index in [1.807, 2.05) is 43.7 Å². The third kappa shape index (κ3) is 7.08. The zero-order valence-electron chi connectivity index (χ0n) is 19.8. The van der Waals surface area contributed by atoms with Crippen LogP contribution in [-0.4, -0.2) is 29.2 Å². The van der Waals surface area contributed by atoms with Crippen molar-refractivity contribution in [1.29, 1.82) is 0 Å². The quantitative estimate of drug-likeness (QED) is 0.242. The van der Waals surface area contributed by atoms with Gasteiger partial charge < -0.3 is 9.90 Å². The molecule has 0 aliphatic carbocycles. The van der Waals surface area contributed by atoms with Gasteiger partial charge in [-0.25, -0.2) is 4.98 Å². The van der Waals surface area contributed by atoms with E-state index in [1.165, 1.54) is 0 Å². The highest BCUT2D eigenvalue weighted by molar-refractivity contribution is 7.16. The Labute approximate surface area is 196 Å². The molecule has 2 rings (SSSR count). The second-order valence-corrected chi connectivity index (χ2v) is 7.99. The van der Waals surface area contributed by atoms with Crippen molar-refractivity contribution in [3.8, 4) is 0 Å². The molecule has 0 fully saturated rings. The van der Waals surface area contributed by atoms with Gasteiger partial charge in [-0.05, 0) is 61.6 Å². The molecule has 2 aromatic rings. The van der Waals surface area contributed by atoms with Crippen LogP contribution in [0.5, 0.6) is 0 Å². The van der Waals surface area contributed by atoms with E-state index in [4.69, 9.17) is 10.1 Å². The first-order chi connectivity index (χ1) is 15.5. The minimum Gasteiger partial charge on any atom is -0.400 e. The summed E-state index contributed by atoms with van der Waals surface area (Å²) in [6.07, 6.45) is 10.3. The molecule has 1 aromatic heterocycles. The zero-order valence-corrected chi connectivity index (χ0v) is 20.6. The molecule has 5 heteroatoms. The van der Waals surface area contributed by atoms with Gasteiger partial charge in [0, 0.05) is 18.7 Å². The molecule has 0 spiro atoms. The normalized spacial score (nSPS) is 13.9. The average molecular weight is 451 g/mol. The summed E-state index contributed by atoms with van der Waals surface area (Å²) in [5, 5.41) is 7.00. The van der Waals surface area contributed by atoms with E-state index in [-0.39, 0.29) is 5.92 Å². The largest absolute Gasteiger partial charge is 0.400 e. The molecule has 32 heavy (non-hydrogen) atoms. The summed E-state index contributed by atoms with van der Waals surface area (Å²) in [5.74, 6) is -0.213. The number of aliphatic hydroxyl groups excluding tert-OH is 1. The molecular weight excluding hydrogens is 416 g/mol. The number of rotatable bonds is 10. The molecular formula is C27H34N2O2S. The molecule has 0 amide bonds. The summed E-state index contributed by atoms with van der Waals surface area (Å²) >= 11 is 1.62. The number of hydrogen-bond donors (Lipinski definition) is 1. The molecule has 0 aliphatic heterocycles. The predicted molar refractivity (Wildman–Crippen MR) is 140 cm³/mol. The molecule has 1 N–H and O–H groups in total. The molecule has 1 atom stereocenters. The maximum atomic E-state index is 12.0. The molecule has 0 bridgehead atoms. The molecule has 1 unspecified atom stereocenters. The summed E-state index contributed by atoms with van der Waals surface area (Å²) in [4.78, 5) is 21.1. The summed E-state index contributed by atoms with van der Waals surface area (Å²) < 4.78 is 1.13. The second kappa shape index (κ2) is 14.2. The third-order valence-electron chi connectivity index (χ3n) is 5.02. The lowest BCUT2D eigenvalue weighted by atomic mass is 9.86. The van der Waals surface area contributed by atoms with E-state index in [9.17, 15) is 4.79 Å². The number of carbonyl (C=O) groups is 1. The average Bonchev–Trinajstić information content (AvgIpc) is 3.28. The number of aliphatic imine (C=N–C) groups is 1. The second-order valence-electron chi connectivity index (χ2n) is 7.10. The topological polar surface area (TPSA) is 62.5 Å². The fourth-order valence-corrected chi connectivity index (χ4v) is 4.18. The van der Waals surface area contributed by atoms with E-state index in [1.54, 1.807) is 17.4 Å². The van der Waals surface area contributed by atoms with E-state index < -0.39 is 0 Å². The highest BCUT2D eigenvalue weighted by Crippen LogP contribution is 2.30. The van der Waals surface area contributed by atoms with Crippen LogP contribution in [0.3, 0.4) is 0 Å². The van der Waals surface area contributed by atoms with Gasteiger partial charge in [0.15, 0.2) is 0 Å². The van der Waals surface area contributed by atoms with Crippen molar-refractivity contribution < 1.29 is 9.90 Å². The highest BCUT2D eigenvalue weighted by Gasteiger charge is 2.20. The number of aliphatic hydroxyl groups is 1. The van der Waals surface area contributed by atoms with Crippen molar-refractivity contribution in [2.75, 3.05) is 7.11 Å². The Morgan fingerprint density at radius 2 is 2.03 bits per heavy atom. The molecule has 0 aliphatic rings. The van der Waals surface area contributed by atoms with Crippen LogP contribution in [0.1, 0.15) is 46.1 Å². The summed E-state index contributed by atoms with van der Waals surface area (Å²) in [6.45, 7) is 16.1. The van der Waals surface area contributed by atoms with Crippen LogP contribution in [-0.2, 0) is 4.79 Å². The Hall–Kier alpha value is -2.89. The van der Waals surface area contributed by atoms with Gasteiger partial charge >= 0.3 is 0 Å². The molecule has 4 nitrogen and oxygen atoms in total. The number of hydrogen-bond acceptors (Lipinski definition) is 5. The van der Waals surface area contributed by atoms with Crippen molar-refractivity contribution in [3.05, 3.63) is 83.6 Å².